The van der Waals surface area contributed by atoms with Gasteiger partial charge in [0.25, 0.3) is 0 Å². The molecule has 188 valence electrons. The van der Waals surface area contributed by atoms with Crippen LogP contribution >= 0.6 is 0 Å². The summed E-state index contributed by atoms with van der Waals surface area (Å²) in [5.41, 5.74) is 1.30. The van der Waals surface area contributed by atoms with Crippen LogP contribution in [0.3, 0.4) is 0 Å². The zero-order valence-corrected chi connectivity index (χ0v) is 19.9. The Kier molecular flexibility index (Phi) is 5.94. The highest BCUT2D eigenvalue weighted by Crippen LogP contribution is 2.35. The average molecular weight is 507 g/mol. The van der Waals surface area contributed by atoms with E-state index in [4.69, 9.17) is 4.42 Å². The van der Waals surface area contributed by atoms with Gasteiger partial charge in [0.1, 0.15) is 17.2 Å². The highest BCUT2D eigenvalue weighted by molar-refractivity contribution is 5.85. The summed E-state index contributed by atoms with van der Waals surface area (Å²) in [6.45, 7) is 5.06. The summed E-state index contributed by atoms with van der Waals surface area (Å²) >= 11 is 0. The summed E-state index contributed by atoms with van der Waals surface area (Å²) in [5, 5.41) is 7.02. The number of aromatic nitrogens is 2. The minimum atomic E-state index is -1.13. The van der Waals surface area contributed by atoms with E-state index in [1.165, 1.54) is 31.2 Å². The smallest absolute Gasteiger partial charge is 0.439 e. The van der Waals surface area contributed by atoms with Crippen molar-refractivity contribution in [2.24, 2.45) is 0 Å². The number of nitrogens with one attached hydrogen (secondary N) is 2. The Morgan fingerprint density at radius 2 is 1.73 bits per heavy atom. The van der Waals surface area contributed by atoms with Crippen molar-refractivity contribution in [3.05, 3.63) is 103 Å². The Balaban J connectivity index is 1.68. The number of aromatic amines is 1. The number of hydrogen-bond acceptors (Lipinski definition) is 6. The number of nitrogens with zero attached hydrogens (tertiary/aromatic N) is 1. The van der Waals surface area contributed by atoms with Crippen LogP contribution in [0.15, 0.2) is 67.1 Å². The van der Waals surface area contributed by atoms with Gasteiger partial charge < -0.3 is 9.73 Å². The lowest BCUT2D eigenvalue weighted by Gasteiger charge is -2.20. The molecule has 0 amide bonds. The molecule has 10 heteroatoms. The highest BCUT2D eigenvalue weighted by atomic mass is 19.2. The lowest BCUT2D eigenvalue weighted by atomic mass is 9.98. The molecule has 5 aromatic rings. The number of aryl methyl sites for hydroxylation is 1. The molecule has 0 radical (unpaired) electrons. The standard InChI is InChI=1S/C27H20F3N3O4/c1-12-10-16(14(3)31-20-9-5-7-18(28)21(20)26-32-27(35)37-33-26)25-17(11-12)23(34)13(2)24(36-25)15-6-4-8-19(29)22(15)30/h4-11,14,31H,1-3H3,(H,32,33,35)/t14-/m1/s1. The van der Waals surface area contributed by atoms with Gasteiger partial charge in [-0.15, -0.1) is 0 Å². The molecule has 0 bridgehead atoms. The Labute approximate surface area is 207 Å². The minimum Gasteiger partial charge on any atom is -0.455 e. The summed E-state index contributed by atoms with van der Waals surface area (Å²) in [6, 6.07) is 10.8. The zero-order chi connectivity index (χ0) is 26.4. The van der Waals surface area contributed by atoms with Crippen LogP contribution in [0.5, 0.6) is 0 Å². The van der Waals surface area contributed by atoms with E-state index < -0.39 is 29.2 Å². The minimum absolute atomic E-state index is 0.0167. The monoisotopic (exact) mass is 507 g/mol. The molecule has 0 saturated heterocycles. The predicted octanol–water partition coefficient (Wildman–Crippen LogP) is 6.01. The Morgan fingerprint density at radius 3 is 2.46 bits per heavy atom. The predicted molar refractivity (Wildman–Crippen MR) is 132 cm³/mol. The fourth-order valence-electron chi connectivity index (χ4n) is 4.36. The van der Waals surface area contributed by atoms with Crippen molar-refractivity contribution in [2.75, 3.05) is 5.32 Å². The third-order valence-electron chi connectivity index (χ3n) is 6.12. The molecular formula is C27H20F3N3O4. The third kappa shape index (κ3) is 4.20. The molecule has 7 nitrogen and oxygen atoms in total. The second kappa shape index (κ2) is 9.12. The van der Waals surface area contributed by atoms with E-state index in [2.05, 4.69) is 20.0 Å². The van der Waals surface area contributed by atoms with Gasteiger partial charge in [-0.25, -0.2) is 18.0 Å². The topological polar surface area (TPSA) is 101 Å². The lowest BCUT2D eigenvalue weighted by molar-refractivity contribution is 0.387. The van der Waals surface area contributed by atoms with Gasteiger partial charge in [0.05, 0.1) is 22.6 Å². The molecule has 0 aliphatic heterocycles. The SMILES string of the molecule is Cc1cc([C@@H](C)Nc2cccc(F)c2-c2noc(=O)[nH]2)c2oc(-c3cccc(F)c3F)c(C)c(=O)c2c1. The number of hydrogen-bond donors (Lipinski definition) is 2. The number of fused-ring (bicyclic) bond motifs is 1. The highest BCUT2D eigenvalue weighted by Gasteiger charge is 2.23. The van der Waals surface area contributed by atoms with E-state index in [0.29, 0.717) is 5.56 Å². The van der Waals surface area contributed by atoms with Crippen LogP contribution in [0.1, 0.15) is 29.7 Å². The maximum Gasteiger partial charge on any atom is 0.439 e. The molecule has 3 aromatic carbocycles. The van der Waals surface area contributed by atoms with Gasteiger partial charge >= 0.3 is 5.76 Å². The first-order valence-corrected chi connectivity index (χ1v) is 11.3. The van der Waals surface area contributed by atoms with E-state index in [9.17, 15) is 22.8 Å². The molecule has 0 spiro atoms. The third-order valence-corrected chi connectivity index (χ3v) is 6.12. The fourth-order valence-corrected chi connectivity index (χ4v) is 4.36. The van der Waals surface area contributed by atoms with Crippen molar-refractivity contribution < 1.29 is 22.1 Å². The maximum absolute atomic E-state index is 14.8. The van der Waals surface area contributed by atoms with Crippen LogP contribution in [0.25, 0.3) is 33.7 Å². The van der Waals surface area contributed by atoms with E-state index in [1.54, 1.807) is 32.0 Å². The maximum atomic E-state index is 14.8. The van der Waals surface area contributed by atoms with Gasteiger partial charge in [0.2, 0.25) is 0 Å². The normalized spacial score (nSPS) is 12.2. The van der Waals surface area contributed by atoms with E-state index in [1.807, 2.05) is 0 Å². The average Bonchev–Trinajstić information content (AvgIpc) is 3.29. The van der Waals surface area contributed by atoms with Gasteiger partial charge in [0, 0.05) is 16.8 Å². The molecule has 2 N–H and O–H groups in total. The van der Waals surface area contributed by atoms with Crippen LogP contribution in [-0.4, -0.2) is 10.1 Å². The number of benzene rings is 3. The largest absolute Gasteiger partial charge is 0.455 e. The molecule has 1 atom stereocenters. The van der Waals surface area contributed by atoms with Gasteiger partial charge in [-0.3, -0.25) is 14.3 Å². The molecule has 2 heterocycles. The summed E-state index contributed by atoms with van der Waals surface area (Å²) in [4.78, 5) is 27.1. The molecule has 0 unspecified atom stereocenters. The van der Waals surface area contributed by atoms with Crippen molar-refractivity contribution in [1.29, 1.82) is 0 Å². The summed E-state index contributed by atoms with van der Waals surface area (Å²) < 4.78 is 54.0. The van der Waals surface area contributed by atoms with Gasteiger partial charge in [-0.1, -0.05) is 23.4 Å². The molecule has 0 aliphatic rings. The Hall–Kier alpha value is -4.60. The number of halogens is 3. The van der Waals surface area contributed by atoms with Crippen LogP contribution in [-0.2, 0) is 0 Å². The number of H-pyrrole nitrogens is 1. The first-order chi connectivity index (χ1) is 17.7. The fraction of sp³-hybridized carbons (Fsp3) is 0.148. The molecule has 0 aliphatic carbocycles. The summed E-state index contributed by atoms with van der Waals surface area (Å²) in [7, 11) is 0. The number of rotatable bonds is 5. The molecule has 0 fully saturated rings. The Bertz CT molecular complexity index is 1790. The van der Waals surface area contributed by atoms with Gasteiger partial charge in [-0.05, 0) is 56.7 Å². The second-order valence-corrected chi connectivity index (χ2v) is 8.69. The second-order valence-electron chi connectivity index (χ2n) is 8.69. The molecule has 5 rings (SSSR count). The van der Waals surface area contributed by atoms with Crippen molar-refractivity contribution in [1.82, 2.24) is 10.1 Å². The van der Waals surface area contributed by atoms with E-state index in [-0.39, 0.29) is 50.4 Å². The summed E-state index contributed by atoms with van der Waals surface area (Å²) in [6.07, 6.45) is 0. The Morgan fingerprint density at radius 1 is 1.00 bits per heavy atom. The van der Waals surface area contributed by atoms with E-state index >= 15 is 0 Å². The molecule has 37 heavy (non-hydrogen) atoms. The van der Waals surface area contributed by atoms with E-state index in [0.717, 1.165) is 11.6 Å². The van der Waals surface area contributed by atoms with Crippen molar-refractivity contribution in [3.63, 3.8) is 0 Å². The van der Waals surface area contributed by atoms with Crippen LogP contribution in [0, 0.1) is 31.3 Å². The summed E-state index contributed by atoms with van der Waals surface area (Å²) in [5.74, 6) is -3.86. The molecule has 2 aromatic heterocycles. The quantitative estimate of drug-likeness (QED) is 0.302. The van der Waals surface area contributed by atoms with Gasteiger partial charge in [0.15, 0.2) is 22.9 Å². The lowest BCUT2D eigenvalue weighted by Crippen LogP contribution is -2.13. The van der Waals surface area contributed by atoms with Gasteiger partial charge in [-0.2, -0.15) is 0 Å². The zero-order valence-electron chi connectivity index (χ0n) is 19.9. The van der Waals surface area contributed by atoms with Crippen molar-refractivity contribution in [3.8, 4) is 22.7 Å². The first-order valence-electron chi connectivity index (χ1n) is 11.3. The molecular weight excluding hydrogens is 487 g/mol. The van der Waals surface area contributed by atoms with Crippen LogP contribution < -0.4 is 16.5 Å². The van der Waals surface area contributed by atoms with Crippen molar-refractivity contribution >= 4 is 16.7 Å². The molecule has 0 saturated carbocycles. The van der Waals surface area contributed by atoms with Crippen LogP contribution in [0.4, 0.5) is 18.9 Å². The van der Waals surface area contributed by atoms with Crippen LogP contribution in [0.2, 0.25) is 0 Å². The van der Waals surface area contributed by atoms with Crippen molar-refractivity contribution in [2.45, 2.75) is 26.8 Å². The number of anilines is 1. The first kappa shape index (κ1) is 24.1.